The molecule has 1 aliphatic heterocycles. The Kier molecular flexibility index (Phi) is 5.76. The Morgan fingerprint density at radius 1 is 1.43 bits per heavy atom. The maximum absolute atomic E-state index is 13.4. The van der Waals surface area contributed by atoms with Crippen LogP contribution in [0.4, 0.5) is 4.39 Å². The summed E-state index contributed by atoms with van der Waals surface area (Å²) in [4.78, 5) is 31.2. The lowest BCUT2D eigenvalue weighted by molar-refractivity contribution is 0.000180. The molecule has 0 bridgehead atoms. The minimum Gasteiger partial charge on any atom is -0.501 e. The smallest absolute Gasteiger partial charge is 0.296 e. The number of carbonyl (C=O) groups excluding carboxylic acids is 1. The second kappa shape index (κ2) is 8.07. The zero-order chi connectivity index (χ0) is 20.4. The number of nitrogens with one attached hydrogen (secondary N) is 1. The summed E-state index contributed by atoms with van der Waals surface area (Å²) in [5, 5.41) is 12.8. The van der Waals surface area contributed by atoms with E-state index in [-0.39, 0.29) is 24.1 Å². The van der Waals surface area contributed by atoms with Crippen LogP contribution in [0, 0.1) is 12.7 Å². The zero-order valence-corrected chi connectivity index (χ0v) is 16.0. The van der Waals surface area contributed by atoms with Crippen molar-refractivity contribution in [2.45, 2.75) is 19.5 Å². The van der Waals surface area contributed by atoms with Crippen molar-refractivity contribution in [3.63, 3.8) is 0 Å². The maximum Gasteiger partial charge on any atom is 0.296 e. The molecule has 2 N–H and O–H groups in total. The van der Waals surface area contributed by atoms with Gasteiger partial charge in [-0.3, -0.25) is 19.1 Å². The monoisotopic (exact) mass is 390 g/mol. The van der Waals surface area contributed by atoms with E-state index < -0.39 is 17.2 Å². The molecule has 8 nitrogen and oxygen atoms in total. The molecule has 150 valence electrons. The average Bonchev–Trinajstić information content (AvgIpc) is 2.68. The number of aromatic hydroxyl groups is 1. The van der Waals surface area contributed by atoms with Crippen molar-refractivity contribution >= 4 is 5.91 Å². The lowest BCUT2D eigenvalue weighted by atomic mass is 10.1. The van der Waals surface area contributed by atoms with Crippen LogP contribution in [-0.4, -0.2) is 52.3 Å². The number of nitrogens with zero attached hydrogens (tertiary/aromatic N) is 3. The summed E-state index contributed by atoms with van der Waals surface area (Å²) in [7, 11) is 3.37. The SMILES string of the molecule is Cc1cc(CNC(=O)c2nc(C3COCCN3C)n(C)c(=O)c2O)ccc1F. The minimum atomic E-state index is -0.710. The average molecular weight is 390 g/mol. The number of benzene rings is 1. The van der Waals surface area contributed by atoms with E-state index in [2.05, 4.69) is 10.3 Å². The first-order chi connectivity index (χ1) is 13.3. The molecule has 0 radical (unpaired) electrons. The normalized spacial score (nSPS) is 17.5. The van der Waals surface area contributed by atoms with Crippen molar-refractivity contribution in [1.82, 2.24) is 19.8 Å². The number of aryl methyl sites for hydroxylation is 1. The van der Waals surface area contributed by atoms with Gasteiger partial charge in [-0.2, -0.15) is 0 Å². The quantitative estimate of drug-likeness (QED) is 0.804. The van der Waals surface area contributed by atoms with Crippen molar-refractivity contribution in [1.29, 1.82) is 0 Å². The molecule has 1 amide bonds. The van der Waals surface area contributed by atoms with Crippen LogP contribution < -0.4 is 10.9 Å². The second-order valence-electron chi connectivity index (χ2n) is 6.87. The van der Waals surface area contributed by atoms with Crippen LogP contribution in [0.3, 0.4) is 0 Å². The lowest BCUT2D eigenvalue weighted by Crippen LogP contribution is -2.41. The largest absolute Gasteiger partial charge is 0.501 e. The summed E-state index contributed by atoms with van der Waals surface area (Å²) in [6, 6.07) is 4.19. The third-order valence-electron chi connectivity index (χ3n) is 4.89. The fraction of sp³-hybridized carbons (Fsp3) is 0.421. The van der Waals surface area contributed by atoms with Crippen molar-refractivity contribution in [3.05, 3.63) is 57.0 Å². The van der Waals surface area contributed by atoms with Crippen molar-refractivity contribution in [3.8, 4) is 5.75 Å². The standard InChI is InChI=1S/C19H23FN4O4/c1-11-8-12(4-5-13(11)20)9-21-18(26)15-16(25)19(27)24(3)17(22-15)14-10-28-7-6-23(14)2/h4-5,8,14,25H,6-7,9-10H2,1-3H3,(H,21,26). The molecule has 1 fully saturated rings. The van der Waals surface area contributed by atoms with Crippen LogP contribution in [-0.2, 0) is 18.3 Å². The molecule has 2 aromatic rings. The van der Waals surface area contributed by atoms with Gasteiger partial charge in [-0.25, -0.2) is 9.37 Å². The van der Waals surface area contributed by atoms with Gasteiger partial charge in [-0.1, -0.05) is 12.1 Å². The fourth-order valence-corrected chi connectivity index (χ4v) is 3.10. The molecule has 28 heavy (non-hydrogen) atoms. The molecule has 0 aliphatic carbocycles. The first kappa shape index (κ1) is 20.0. The first-order valence-electron chi connectivity index (χ1n) is 8.90. The van der Waals surface area contributed by atoms with Crippen LogP contribution in [0.15, 0.2) is 23.0 Å². The van der Waals surface area contributed by atoms with E-state index in [1.54, 1.807) is 19.1 Å². The number of hydrogen-bond acceptors (Lipinski definition) is 6. The summed E-state index contributed by atoms with van der Waals surface area (Å²) < 4.78 is 20.1. The van der Waals surface area contributed by atoms with Crippen molar-refractivity contribution in [2.75, 3.05) is 26.8 Å². The van der Waals surface area contributed by atoms with E-state index in [1.165, 1.54) is 17.7 Å². The molecule has 1 aromatic heterocycles. The minimum absolute atomic E-state index is 0.109. The number of rotatable bonds is 4. The number of aromatic nitrogens is 2. The number of halogens is 1. The number of carbonyl (C=O) groups is 1. The van der Waals surface area contributed by atoms with Crippen LogP contribution in [0.2, 0.25) is 0 Å². The van der Waals surface area contributed by atoms with Crippen LogP contribution in [0.5, 0.6) is 5.75 Å². The number of hydrogen-bond donors (Lipinski definition) is 2. The molecule has 3 rings (SSSR count). The summed E-state index contributed by atoms with van der Waals surface area (Å²) in [5.74, 6) is -1.38. The highest BCUT2D eigenvalue weighted by Crippen LogP contribution is 2.22. The van der Waals surface area contributed by atoms with Gasteiger partial charge in [0.15, 0.2) is 5.69 Å². The van der Waals surface area contributed by atoms with Crippen LogP contribution in [0.25, 0.3) is 0 Å². The lowest BCUT2D eigenvalue weighted by Gasteiger charge is -2.32. The van der Waals surface area contributed by atoms with E-state index in [0.29, 0.717) is 36.7 Å². The Bertz CT molecular complexity index is 960. The first-order valence-corrected chi connectivity index (χ1v) is 8.90. The Hall–Kier alpha value is -2.78. The molecule has 1 aromatic carbocycles. The molecule has 0 saturated carbocycles. The predicted molar refractivity (Wildman–Crippen MR) is 99.6 cm³/mol. The van der Waals surface area contributed by atoms with E-state index >= 15 is 0 Å². The van der Waals surface area contributed by atoms with Crippen molar-refractivity contribution in [2.24, 2.45) is 7.05 Å². The van der Waals surface area contributed by atoms with Crippen LogP contribution in [0.1, 0.15) is 33.5 Å². The molecule has 1 saturated heterocycles. The maximum atomic E-state index is 13.4. The van der Waals surface area contributed by atoms with E-state index in [0.717, 1.165) is 0 Å². The highest BCUT2D eigenvalue weighted by atomic mass is 19.1. The summed E-state index contributed by atoms with van der Waals surface area (Å²) in [5.41, 5.74) is 0.114. The molecule has 0 spiro atoms. The molecule has 1 atom stereocenters. The van der Waals surface area contributed by atoms with Crippen LogP contribution >= 0.6 is 0 Å². The van der Waals surface area contributed by atoms with Crippen molar-refractivity contribution < 1.29 is 19.0 Å². The zero-order valence-electron chi connectivity index (χ0n) is 16.0. The van der Waals surface area contributed by atoms with Gasteiger partial charge in [0.1, 0.15) is 11.6 Å². The summed E-state index contributed by atoms with van der Waals surface area (Å²) in [6.45, 7) is 3.30. The van der Waals surface area contributed by atoms with Gasteiger partial charge >= 0.3 is 0 Å². The Morgan fingerprint density at radius 3 is 2.86 bits per heavy atom. The molecule has 2 heterocycles. The predicted octanol–water partition coefficient (Wildman–Crippen LogP) is 0.867. The van der Waals surface area contributed by atoms with E-state index in [9.17, 15) is 19.1 Å². The highest BCUT2D eigenvalue weighted by molar-refractivity contribution is 5.94. The van der Waals surface area contributed by atoms with Gasteiger partial charge in [-0.05, 0) is 31.2 Å². The molecule has 1 unspecified atom stereocenters. The Morgan fingerprint density at radius 2 is 2.18 bits per heavy atom. The number of amides is 1. The second-order valence-corrected chi connectivity index (χ2v) is 6.87. The van der Waals surface area contributed by atoms with Gasteiger partial charge < -0.3 is 15.2 Å². The van der Waals surface area contributed by atoms with Gasteiger partial charge in [0.2, 0.25) is 5.75 Å². The topological polar surface area (TPSA) is 96.7 Å². The van der Waals surface area contributed by atoms with Gasteiger partial charge in [0, 0.05) is 20.1 Å². The van der Waals surface area contributed by atoms with E-state index in [1.807, 2.05) is 11.9 Å². The highest BCUT2D eigenvalue weighted by Gasteiger charge is 2.28. The molecule has 1 aliphatic rings. The molecular weight excluding hydrogens is 367 g/mol. The van der Waals surface area contributed by atoms with E-state index in [4.69, 9.17) is 4.74 Å². The van der Waals surface area contributed by atoms with Gasteiger partial charge in [0.25, 0.3) is 11.5 Å². The number of morpholine rings is 1. The molecule has 9 heteroatoms. The van der Waals surface area contributed by atoms with Gasteiger partial charge in [-0.15, -0.1) is 0 Å². The summed E-state index contributed by atoms with van der Waals surface area (Å²) >= 11 is 0. The summed E-state index contributed by atoms with van der Waals surface area (Å²) in [6.07, 6.45) is 0. The number of likely N-dealkylation sites (N-methyl/N-ethyl adjacent to an activating group) is 1. The fourth-order valence-electron chi connectivity index (χ4n) is 3.10. The number of ether oxygens (including phenoxy) is 1. The molecular formula is C19H23FN4O4. The Balaban J connectivity index is 1.86. The third kappa shape index (κ3) is 3.90. The Labute approximate surface area is 161 Å². The third-order valence-corrected chi connectivity index (χ3v) is 4.89. The van der Waals surface area contributed by atoms with Gasteiger partial charge in [0.05, 0.1) is 19.3 Å².